The Balaban J connectivity index is 1.48. The lowest BCUT2D eigenvalue weighted by Gasteiger charge is -2.24. The molecule has 2 aromatic carbocycles. The average Bonchev–Trinajstić information content (AvgIpc) is 2.92. The first-order valence-electron chi connectivity index (χ1n) is 11.4. The summed E-state index contributed by atoms with van der Waals surface area (Å²) in [5.41, 5.74) is 4.16. The third kappa shape index (κ3) is 5.25. The number of pyridine rings is 1. The Bertz CT molecular complexity index is 1460. The summed E-state index contributed by atoms with van der Waals surface area (Å²) in [5.74, 6) is 1.53. The second kappa shape index (κ2) is 10.5. The molecule has 0 bridgehead atoms. The number of aryl methyl sites for hydroxylation is 1. The summed E-state index contributed by atoms with van der Waals surface area (Å²) in [6.45, 7) is 1.66. The molecular formula is C27H23FN4O4S. The fourth-order valence-electron chi connectivity index (χ4n) is 3.95. The van der Waals surface area contributed by atoms with Gasteiger partial charge in [-0.15, -0.1) is 0 Å². The van der Waals surface area contributed by atoms with Crippen molar-refractivity contribution in [3.05, 3.63) is 82.9 Å². The number of aliphatic hydroxyl groups is 1. The van der Waals surface area contributed by atoms with Crippen LogP contribution in [0.3, 0.4) is 0 Å². The summed E-state index contributed by atoms with van der Waals surface area (Å²) in [6.07, 6.45) is 2.06. The summed E-state index contributed by atoms with van der Waals surface area (Å²) >= 11 is 1.25. The highest BCUT2D eigenvalue weighted by atomic mass is 32.2. The molecule has 1 amide bonds. The van der Waals surface area contributed by atoms with E-state index < -0.39 is 0 Å². The van der Waals surface area contributed by atoms with Gasteiger partial charge in [-0.1, -0.05) is 11.8 Å². The Morgan fingerprint density at radius 1 is 1.14 bits per heavy atom. The molecule has 188 valence electrons. The molecule has 1 aliphatic heterocycles. The van der Waals surface area contributed by atoms with Gasteiger partial charge >= 0.3 is 0 Å². The molecule has 8 nitrogen and oxygen atoms in total. The Hall–Kier alpha value is -4.02. The monoisotopic (exact) mass is 518 g/mol. The topological polar surface area (TPSA) is 106 Å². The molecule has 0 radical (unpaired) electrons. The Kier molecular flexibility index (Phi) is 7.02. The molecule has 4 aromatic rings. The first kappa shape index (κ1) is 24.7. The average molecular weight is 519 g/mol. The number of halogens is 1. The molecule has 37 heavy (non-hydrogen) atoms. The molecule has 0 saturated heterocycles. The predicted octanol–water partition coefficient (Wildman–Crippen LogP) is 4.91. The standard InChI is InChI=1S/C27H23FN4O4S/c1-15-24-21(17(13-33)12-29-15)11-22-26(36-24)31-25(16-3-9-20(35-2)10-4-16)32-27(22)37-14-23(34)30-19-7-5-18(28)6-8-19/h3-10,12,33H,11,13-14H2,1-2H3,(H,30,34). The van der Waals surface area contributed by atoms with Crippen LogP contribution in [-0.4, -0.2) is 38.8 Å². The summed E-state index contributed by atoms with van der Waals surface area (Å²) in [6, 6.07) is 12.9. The Labute approximate surface area is 216 Å². The maximum atomic E-state index is 13.2. The number of rotatable bonds is 7. The number of hydrogen-bond donors (Lipinski definition) is 2. The first-order valence-corrected chi connectivity index (χ1v) is 12.4. The zero-order chi connectivity index (χ0) is 25.9. The predicted molar refractivity (Wildman–Crippen MR) is 138 cm³/mol. The van der Waals surface area contributed by atoms with Gasteiger partial charge in [0.05, 0.1) is 30.7 Å². The van der Waals surface area contributed by atoms with Crippen molar-refractivity contribution in [2.24, 2.45) is 0 Å². The lowest BCUT2D eigenvalue weighted by Crippen LogP contribution is -2.16. The summed E-state index contributed by atoms with van der Waals surface area (Å²) < 4.78 is 24.7. The molecule has 0 saturated carbocycles. The van der Waals surface area contributed by atoms with Crippen molar-refractivity contribution >= 4 is 23.4 Å². The van der Waals surface area contributed by atoms with Crippen molar-refractivity contribution in [1.29, 1.82) is 0 Å². The summed E-state index contributed by atoms with van der Waals surface area (Å²) in [7, 11) is 1.60. The van der Waals surface area contributed by atoms with Crippen LogP contribution in [0.5, 0.6) is 17.4 Å². The van der Waals surface area contributed by atoms with E-state index in [1.165, 1.54) is 36.0 Å². The quantitative estimate of drug-likeness (QED) is 0.231. The number of hydrogen-bond acceptors (Lipinski definition) is 8. The minimum atomic E-state index is -0.376. The van der Waals surface area contributed by atoms with Crippen LogP contribution in [0, 0.1) is 12.7 Å². The first-order chi connectivity index (χ1) is 17.9. The van der Waals surface area contributed by atoms with Crippen LogP contribution in [0.1, 0.15) is 22.4 Å². The molecule has 0 spiro atoms. The number of fused-ring (bicyclic) bond motifs is 2. The number of carbonyl (C=O) groups excluding carboxylic acids is 1. The van der Waals surface area contributed by atoms with Gasteiger partial charge in [-0.25, -0.2) is 9.37 Å². The van der Waals surface area contributed by atoms with Gasteiger partial charge in [0, 0.05) is 35.0 Å². The number of carbonyl (C=O) groups is 1. The third-order valence-corrected chi connectivity index (χ3v) is 6.89. The highest BCUT2D eigenvalue weighted by Gasteiger charge is 2.28. The molecule has 0 atom stereocenters. The van der Waals surface area contributed by atoms with E-state index in [1.807, 2.05) is 31.2 Å². The number of aromatic nitrogens is 3. The van der Waals surface area contributed by atoms with Crippen LogP contribution in [0.25, 0.3) is 11.4 Å². The highest BCUT2D eigenvalue weighted by molar-refractivity contribution is 8.00. The molecule has 0 aliphatic carbocycles. The normalized spacial score (nSPS) is 11.8. The maximum Gasteiger partial charge on any atom is 0.234 e. The van der Waals surface area contributed by atoms with Crippen LogP contribution in [0.2, 0.25) is 0 Å². The minimum absolute atomic E-state index is 0.0674. The van der Waals surface area contributed by atoms with Crippen molar-refractivity contribution in [2.75, 3.05) is 18.2 Å². The lowest BCUT2D eigenvalue weighted by molar-refractivity contribution is -0.113. The number of thioether (sulfide) groups is 1. The number of methoxy groups -OCH3 is 1. The second-order valence-corrected chi connectivity index (χ2v) is 9.29. The van der Waals surface area contributed by atoms with Gasteiger partial charge in [0.25, 0.3) is 0 Å². The zero-order valence-electron chi connectivity index (χ0n) is 20.1. The van der Waals surface area contributed by atoms with Crippen LogP contribution in [0.15, 0.2) is 59.8 Å². The number of ether oxygens (including phenoxy) is 2. The van der Waals surface area contributed by atoms with E-state index in [0.717, 1.165) is 16.7 Å². The Morgan fingerprint density at radius 3 is 2.59 bits per heavy atom. The van der Waals surface area contributed by atoms with E-state index in [0.29, 0.717) is 51.6 Å². The molecule has 1 aliphatic rings. The number of nitrogens with zero attached hydrogens (tertiary/aromatic N) is 3. The van der Waals surface area contributed by atoms with E-state index >= 15 is 0 Å². The number of anilines is 1. The zero-order valence-corrected chi connectivity index (χ0v) is 20.9. The molecule has 2 aromatic heterocycles. The summed E-state index contributed by atoms with van der Waals surface area (Å²) in [4.78, 5) is 26.5. The van der Waals surface area contributed by atoms with E-state index in [1.54, 1.807) is 13.3 Å². The lowest BCUT2D eigenvalue weighted by atomic mass is 9.99. The molecule has 3 heterocycles. The van der Waals surface area contributed by atoms with E-state index in [4.69, 9.17) is 14.5 Å². The molecule has 5 rings (SSSR count). The minimum Gasteiger partial charge on any atom is -0.497 e. The fourth-order valence-corrected chi connectivity index (χ4v) is 4.77. The molecule has 2 N–H and O–H groups in total. The van der Waals surface area contributed by atoms with Crippen molar-refractivity contribution in [1.82, 2.24) is 15.0 Å². The van der Waals surface area contributed by atoms with Crippen molar-refractivity contribution in [3.8, 4) is 28.8 Å². The molecule has 0 unspecified atom stereocenters. The van der Waals surface area contributed by atoms with Crippen molar-refractivity contribution in [3.63, 3.8) is 0 Å². The van der Waals surface area contributed by atoms with Crippen molar-refractivity contribution in [2.45, 2.75) is 25.0 Å². The molecule has 0 fully saturated rings. The van der Waals surface area contributed by atoms with E-state index in [2.05, 4.69) is 15.3 Å². The van der Waals surface area contributed by atoms with E-state index in [-0.39, 0.29) is 24.1 Å². The molecule has 10 heteroatoms. The van der Waals surface area contributed by atoms with Gasteiger partial charge < -0.3 is 19.9 Å². The number of benzene rings is 2. The number of nitrogens with one attached hydrogen (secondary N) is 1. The van der Waals surface area contributed by atoms with Gasteiger partial charge in [0.15, 0.2) is 11.6 Å². The van der Waals surface area contributed by atoms with Gasteiger partial charge in [0.2, 0.25) is 11.8 Å². The van der Waals surface area contributed by atoms with Gasteiger partial charge in [-0.3, -0.25) is 9.78 Å². The highest BCUT2D eigenvalue weighted by Crippen LogP contribution is 2.42. The smallest absolute Gasteiger partial charge is 0.234 e. The molecular weight excluding hydrogens is 495 g/mol. The van der Waals surface area contributed by atoms with Gasteiger partial charge in [-0.2, -0.15) is 4.98 Å². The Morgan fingerprint density at radius 2 is 1.89 bits per heavy atom. The van der Waals surface area contributed by atoms with E-state index in [9.17, 15) is 14.3 Å². The van der Waals surface area contributed by atoms with Crippen LogP contribution >= 0.6 is 11.8 Å². The third-order valence-electron chi connectivity index (χ3n) is 5.87. The van der Waals surface area contributed by atoms with Crippen LogP contribution < -0.4 is 14.8 Å². The SMILES string of the molecule is COc1ccc(-c2nc3c(c(SCC(=O)Nc4ccc(F)cc4)n2)Cc2c(CO)cnc(C)c2O3)cc1. The largest absolute Gasteiger partial charge is 0.497 e. The maximum absolute atomic E-state index is 13.2. The van der Waals surface area contributed by atoms with Crippen molar-refractivity contribution < 1.29 is 23.8 Å². The number of amides is 1. The van der Waals surface area contributed by atoms with Gasteiger partial charge in [-0.05, 0) is 55.5 Å². The van der Waals surface area contributed by atoms with Crippen LogP contribution in [-0.2, 0) is 17.8 Å². The summed E-state index contributed by atoms with van der Waals surface area (Å²) in [5, 5.41) is 13.2. The second-order valence-electron chi connectivity index (χ2n) is 8.32. The number of aliphatic hydroxyl groups excluding tert-OH is 1. The van der Waals surface area contributed by atoms with Gasteiger partial charge in [0.1, 0.15) is 16.6 Å². The fraction of sp³-hybridized carbons (Fsp3) is 0.185. The van der Waals surface area contributed by atoms with Crippen LogP contribution in [0.4, 0.5) is 10.1 Å².